The molecule has 94 valence electrons. The zero-order chi connectivity index (χ0) is 13.3. The molecule has 1 amide bonds. The van der Waals surface area contributed by atoms with Crippen molar-refractivity contribution in [1.82, 2.24) is 9.36 Å². The van der Waals surface area contributed by atoms with Gasteiger partial charge in [0.05, 0.1) is 5.56 Å². The van der Waals surface area contributed by atoms with Crippen LogP contribution in [0.1, 0.15) is 16.2 Å². The predicted octanol–water partition coefficient (Wildman–Crippen LogP) is 1.96. The normalized spacial score (nSPS) is 10.4. The maximum absolute atomic E-state index is 13.0. The van der Waals surface area contributed by atoms with Crippen molar-refractivity contribution in [2.45, 2.75) is 6.92 Å². The summed E-state index contributed by atoms with van der Waals surface area (Å²) in [5, 5.41) is 2.67. The molecule has 5 nitrogen and oxygen atoms in total. The van der Waals surface area contributed by atoms with Gasteiger partial charge in [-0.1, -0.05) is 0 Å². The van der Waals surface area contributed by atoms with E-state index in [-0.39, 0.29) is 16.4 Å². The number of nitrogens with one attached hydrogen (secondary N) is 1. The predicted molar refractivity (Wildman–Crippen MR) is 63.4 cm³/mol. The van der Waals surface area contributed by atoms with Gasteiger partial charge >= 0.3 is 0 Å². The number of nitrogens with zero attached hydrogens (tertiary/aromatic N) is 2. The highest BCUT2D eigenvalue weighted by molar-refractivity contribution is 7.09. The van der Waals surface area contributed by atoms with Crippen LogP contribution in [0.25, 0.3) is 0 Å². The lowest BCUT2D eigenvalue weighted by atomic mass is 10.1. The van der Waals surface area contributed by atoms with Crippen LogP contribution in [0, 0.1) is 18.6 Å². The van der Waals surface area contributed by atoms with Crippen molar-refractivity contribution in [2.24, 2.45) is 0 Å². The number of halogens is 2. The Morgan fingerprint density at radius 2 is 2.06 bits per heavy atom. The van der Waals surface area contributed by atoms with Gasteiger partial charge in [-0.15, -0.1) is 0 Å². The minimum Gasteiger partial charge on any atom is -0.398 e. The number of anilines is 2. The van der Waals surface area contributed by atoms with Crippen LogP contribution in [0.3, 0.4) is 0 Å². The Balaban J connectivity index is 2.26. The van der Waals surface area contributed by atoms with Gasteiger partial charge in [0.2, 0.25) is 5.13 Å². The van der Waals surface area contributed by atoms with Crippen LogP contribution in [-0.2, 0) is 0 Å². The molecule has 18 heavy (non-hydrogen) atoms. The molecule has 0 spiro atoms. The zero-order valence-corrected chi connectivity index (χ0v) is 10.0. The number of aromatic nitrogens is 2. The summed E-state index contributed by atoms with van der Waals surface area (Å²) < 4.78 is 29.7. The monoisotopic (exact) mass is 270 g/mol. The summed E-state index contributed by atoms with van der Waals surface area (Å²) in [5.74, 6) is -2.39. The standard InChI is InChI=1S/C10H8F2N4OS/c1-4-14-10(18-16-4)15-9(17)5-2-6(11)7(12)3-8(5)13/h2-3H,13H2,1H3,(H,14,15,16,17). The van der Waals surface area contributed by atoms with Crippen molar-refractivity contribution >= 4 is 28.3 Å². The third kappa shape index (κ3) is 2.43. The Bertz CT molecular complexity index is 614. The van der Waals surface area contributed by atoms with E-state index in [1.165, 1.54) is 0 Å². The first kappa shape index (κ1) is 12.4. The first-order valence-electron chi connectivity index (χ1n) is 4.83. The molecule has 2 aromatic rings. The van der Waals surface area contributed by atoms with Gasteiger partial charge in [-0.2, -0.15) is 4.37 Å². The van der Waals surface area contributed by atoms with E-state index in [1.54, 1.807) is 6.92 Å². The minimum atomic E-state index is -1.14. The second-order valence-electron chi connectivity index (χ2n) is 3.45. The number of amides is 1. The number of hydrogen-bond acceptors (Lipinski definition) is 5. The summed E-state index contributed by atoms with van der Waals surface area (Å²) in [6, 6.07) is 1.50. The van der Waals surface area contributed by atoms with E-state index in [4.69, 9.17) is 5.73 Å². The molecular weight excluding hydrogens is 262 g/mol. The van der Waals surface area contributed by atoms with Crippen LogP contribution in [-0.4, -0.2) is 15.3 Å². The molecule has 3 N–H and O–H groups in total. The largest absolute Gasteiger partial charge is 0.398 e. The van der Waals surface area contributed by atoms with Gasteiger partial charge < -0.3 is 5.73 Å². The van der Waals surface area contributed by atoms with Gasteiger partial charge in [0.1, 0.15) is 5.82 Å². The summed E-state index contributed by atoms with van der Waals surface area (Å²) in [6.45, 7) is 1.66. The number of carbonyl (C=O) groups excluding carboxylic acids is 1. The number of nitrogen functional groups attached to an aromatic ring is 1. The fourth-order valence-electron chi connectivity index (χ4n) is 1.27. The summed E-state index contributed by atoms with van der Waals surface area (Å²) in [7, 11) is 0. The lowest BCUT2D eigenvalue weighted by molar-refractivity contribution is 0.102. The molecular formula is C10H8F2N4OS. The van der Waals surface area contributed by atoms with Gasteiger partial charge in [0.15, 0.2) is 11.6 Å². The molecule has 0 unspecified atom stereocenters. The highest BCUT2D eigenvalue weighted by Crippen LogP contribution is 2.19. The van der Waals surface area contributed by atoms with Gasteiger partial charge in [-0.25, -0.2) is 13.8 Å². The zero-order valence-electron chi connectivity index (χ0n) is 9.20. The lowest BCUT2D eigenvalue weighted by Crippen LogP contribution is -2.14. The molecule has 0 radical (unpaired) electrons. The molecule has 1 heterocycles. The molecule has 1 aromatic carbocycles. The number of aryl methyl sites for hydroxylation is 1. The third-order valence-corrected chi connectivity index (χ3v) is 2.81. The molecule has 0 aliphatic rings. The average Bonchev–Trinajstić information content (AvgIpc) is 2.69. The van der Waals surface area contributed by atoms with Crippen LogP contribution >= 0.6 is 11.5 Å². The molecule has 1 aromatic heterocycles. The Morgan fingerprint density at radius 3 is 2.67 bits per heavy atom. The first-order valence-corrected chi connectivity index (χ1v) is 5.61. The maximum atomic E-state index is 13.0. The molecule has 0 atom stereocenters. The smallest absolute Gasteiger partial charge is 0.259 e. The highest BCUT2D eigenvalue weighted by atomic mass is 32.1. The first-order chi connectivity index (χ1) is 8.47. The molecule has 0 saturated heterocycles. The molecule has 0 aliphatic heterocycles. The molecule has 0 aliphatic carbocycles. The molecule has 8 heteroatoms. The summed E-state index contributed by atoms with van der Waals surface area (Å²) in [4.78, 5) is 15.7. The number of carbonyl (C=O) groups is 1. The fourth-order valence-corrected chi connectivity index (χ4v) is 1.84. The van der Waals surface area contributed by atoms with Crippen LogP contribution in [0.4, 0.5) is 19.6 Å². The topological polar surface area (TPSA) is 80.9 Å². The van der Waals surface area contributed by atoms with E-state index in [1.807, 2.05) is 0 Å². The van der Waals surface area contributed by atoms with Crippen molar-refractivity contribution in [2.75, 3.05) is 11.1 Å². The third-order valence-electron chi connectivity index (χ3n) is 2.09. The number of hydrogen-bond donors (Lipinski definition) is 2. The molecule has 0 saturated carbocycles. The SMILES string of the molecule is Cc1nsc(NC(=O)c2cc(F)c(F)cc2N)n1. The van der Waals surface area contributed by atoms with Crippen molar-refractivity contribution in [3.05, 3.63) is 35.2 Å². The average molecular weight is 270 g/mol. The van der Waals surface area contributed by atoms with Crippen molar-refractivity contribution < 1.29 is 13.6 Å². The van der Waals surface area contributed by atoms with Gasteiger partial charge in [-0.05, 0) is 13.0 Å². The van der Waals surface area contributed by atoms with E-state index in [2.05, 4.69) is 14.7 Å². The second kappa shape index (κ2) is 4.65. The molecule has 0 bridgehead atoms. The van der Waals surface area contributed by atoms with E-state index in [0.29, 0.717) is 5.82 Å². The van der Waals surface area contributed by atoms with E-state index < -0.39 is 17.5 Å². The summed E-state index contributed by atoms with van der Waals surface area (Å²) >= 11 is 0.984. The van der Waals surface area contributed by atoms with Crippen LogP contribution in [0.2, 0.25) is 0 Å². The van der Waals surface area contributed by atoms with Crippen molar-refractivity contribution in [3.8, 4) is 0 Å². The van der Waals surface area contributed by atoms with Gasteiger partial charge in [0, 0.05) is 23.3 Å². The number of nitrogens with two attached hydrogens (primary N) is 1. The Kier molecular flexibility index (Phi) is 3.19. The maximum Gasteiger partial charge on any atom is 0.259 e. The fraction of sp³-hybridized carbons (Fsp3) is 0.100. The molecule has 0 fully saturated rings. The Morgan fingerprint density at radius 1 is 1.39 bits per heavy atom. The van der Waals surface area contributed by atoms with Gasteiger partial charge in [0.25, 0.3) is 5.91 Å². The summed E-state index contributed by atoms with van der Waals surface area (Å²) in [5.41, 5.74) is 5.15. The number of benzene rings is 1. The van der Waals surface area contributed by atoms with Gasteiger partial charge in [-0.3, -0.25) is 10.1 Å². The van der Waals surface area contributed by atoms with E-state index in [0.717, 1.165) is 23.7 Å². The minimum absolute atomic E-state index is 0.146. The van der Waals surface area contributed by atoms with E-state index in [9.17, 15) is 13.6 Å². The van der Waals surface area contributed by atoms with Crippen LogP contribution in [0.5, 0.6) is 0 Å². The van der Waals surface area contributed by atoms with Crippen LogP contribution in [0.15, 0.2) is 12.1 Å². The van der Waals surface area contributed by atoms with E-state index >= 15 is 0 Å². The highest BCUT2D eigenvalue weighted by Gasteiger charge is 2.15. The van der Waals surface area contributed by atoms with Crippen LogP contribution < -0.4 is 11.1 Å². The number of rotatable bonds is 2. The van der Waals surface area contributed by atoms with Crippen molar-refractivity contribution in [3.63, 3.8) is 0 Å². The van der Waals surface area contributed by atoms with Crippen molar-refractivity contribution in [1.29, 1.82) is 0 Å². The Labute approximate surface area is 105 Å². The quantitative estimate of drug-likeness (QED) is 0.817. The molecule has 2 rings (SSSR count). The Hall–Kier alpha value is -2.09. The lowest BCUT2D eigenvalue weighted by Gasteiger charge is -2.05. The summed E-state index contributed by atoms with van der Waals surface area (Å²) in [6.07, 6.45) is 0. The second-order valence-corrected chi connectivity index (χ2v) is 4.21.